The van der Waals surface area contributed by atoms with Gasteiger partial charge < -0.3 is 0 Å². The molecule has 12 heavy (non-hydrogen) atoms. The molecule has 0 bridgehead atoms. The molecular formula is C12H24. The molecule has 1 aromatic rings. The molecule has 0 saturated carbocycles. The summed E-state index contributed by atoms with van der Waals surface area (Å²) in [5, 5.41) is 0. The van der Waals surface area contributed by atoms with Gasteiger partial charge in [-0.2, -0.15) is 0 Å². The molecule has 0 radical (unpaired) electrons. The van der Waals surface area contributed by atoms with E-state index in [9.17, 15) is 0 Å². The first kappa shape index (κ1) is 17.3. The minimum Gasteiger partial charge on any atom is -0.0776 e. The number of hydrogen-bond acceptors (Lipinski definition) is 0. The molecule has 0 aliphatic carbocycles. The molecule has 0 unspecified atom stereocenters. The zero-order valence-electron chi connectivity index (χ0n) is 6.23. The largest absolute Gasteiger partial charge is 0.0776 e. The maximum absolute atomic E-state index is 2.20. The maximum Gasteiger partial charge on any atom is -0.0395 e. The summed E-state index contributed by atoms with van der Waals surface area (Å²) >= 11 is 0. The zero-order valence-corrected chi connectivity index (χ0v) is 6.23. The fraction of sp³-hybridized carbons (Fsp3) is 0.500. The van der Waals surface area contributed by atoms with Crippen LogP contribution in [0.5, 0.6) is 0 Å². The fourth-order valence-electron chi connectivity index (χ4n) is 0.891. The van der Waals surface area contributed by atoms with Gasteiger partial charge in [-0.1, -0.05) is 46.0 Å². The van der Waals surface area contributed by atoms with Crippen LogP contribution in [-0.2, 0) is 0 Å². The van der Waals surface area contributed by atoms with E-state index < -0.39 is 0 Å². The molecule has 0 amide bonds. The second kappa shape index (κ2) is 6.90. The SMILES string of the molecule is C.C.C.Cc1ccc(C)c(C)c1. The highest BCUT2D eigenvalue weighted by molar-refractivity contribution is 5.28. The van der Waals surface area contributed by atoms with Crippen LogP contribution in [0.25, 0.3) is 0 Å². The highest BCUT2D eigenvalue weighted by Gasteiger charge is 1.89. The van der Waals surface area contributed by atoms with Gasteiger partial charge in [0.2, 0.25) is 0 Å². The molecule has 0 saturated heterocycles. The van der Waals surface area contributed by atoms with Crippen molar-refractivity contribution in [2.75, 3.05) is 0 Å². The van der Waals surface area contributed by atoms with Crippen molar-refractivity contribution in [2.45, 2.75) is 43.1 Å². The topological polar surface area (TPSA) is 0 Å². The van der Waals surface area contributed by atoms with Crippen molar-refractivity contribution < 1.29 is 0 Å². The summed E-state index contributed by atoms with van der Waals surface area (Å²) in [4.78, 5) is 0. The van der Waals surface area contributed by atoms with Gasteiger partial charge in [0.05, 0.1) is 0 Å². The fourth-order valence-corrected chi connectivity index (χ4v) is 0.891. The molecule has 1 rings (SSSR count). The van der Waals surface area contributed by atoms with E-state index in [2.05, 4.69) is 39.0 Å². The molecule has 0 heteroatoms. The van der Waals surface area contributed by atoms with Gasteiger partial charge in [0, 0.05) is 0 Å². The summed E-state index contributed by atoms with van der Waals surface area (Å²) < 4.78 is 0. The van der Waals surface area contributed by atoms with Crippen molar-refractivity contribution >= 4 is 0 Å². The smallest absolute Gasteiger partial charge is 0.0395 e. The van der Waals surface area contributed by atoms with E-state index in [-0.39, 0.29) is 22.3 Å². The summed E-state index contributed by atoms with van der Waals surface area (Å²) in [6.07, 6.45) is 0. The Morgan fingerprint density at radius 3 is 1.58 bits per heavy atom. The van der Waals surface area contributed by atoms with Crippen LogP contribution in [0.3, 0.4) is 0 Å². The average molecular weight is 168 g/mol. The van der Waals surface area contributed by atoms with Crippen LogP contribution in [-0.4, -0.2) is 0 Å². The molecule has 0 N–H and O–H groups in total. The summed E-state index contributed by atoms with van der Waals surface area (Å²) in [5.74, 6) is 0. The van der Waals surface area contributed by atoms with Crippen LogP contribution >= 0.6 is 0 Å². The summed E-state index contributed by atoms with van der Waals surface area (Å²) in [6, 6.07) is 6.50. The highest BCUT2D eigenvalue weighted by atomic mass is 13.9. The van der Waals surface area contributed by atoms with Crippen molar-refractivity contribution in [1.82, 2.24) is 0 Å². The third-order valence-electron chi connectivity index (χ3n) is 1.66. The van der Waals surface area contributed by atoms with Gasteiger partial charge in [-0.25, -0.2) is 0 Å². The quantitative estimate of drug-likeness (QED) is 0.534. The van der Waals surface area contributed by atoms with Crippen LogP contribution < -0.4 is 0 Å². The summed E-state index contributed by atoms with van der Waals surface area (Å²) in [6.45, 7) is 6.39. The molecule has 0 aliphatic rings. The van der Waals surface area contributed by atoms with E-state index >= 15 is 0 Å². The standard InChI is InChI=1S/C9H12.3CH4/c1-7-4-5-8(2)9(3)6-7;;;/h4-6H,1-3H3;3*1H4. The predicted octanol–water partition coefficient (Wildman–Crippen LogP) is 4.52. The van der Waals surface area contributed by atoms with Crippen LogP contribution in [0.2, 0.25) is 0 Å². The van der Waals surface area contributed by atoms with E-state index in [4.69, 9.17) is 0 Å². The number of rotatable bonds is 0. The monoisotopic (exact) mass is 168 g/mol. The first-order valence-electron chi connectivity index (χ1n) is 3.24. The minimum absolute atomic E-state index is 0. The lowest BCUT2D eigenvalue weighted by Crippen LogP contribution is -1.79. The second-order valence-electron chi connectivity index (χ2n) is 2.59. The number of hydrogen-bond donors (Lipinski definition) is 0. The lowest BCUT2D eigenvalue weighted by atomic mass is 10.1. The van der Waals surface area contributed by atoms with E-state index in [1.165, 1.54) is 16.7 Å². The summed E-state index contributed by atoms with van der Waals surface area (Å²) in [7, 11) is 0. The van der Waals surface area contributed by atoms with E-state index in [1.807, 2.05) is 0 Å². The van der Waals surface area contributed by atoms with Gasteiger partial charge in [0.25, 0.3) is 0 Å². The van der Waals surface area contributed by atoms with E-state index in [0.717, 1.165) is 0 Å². The zero-order chi connectivity index (χ0) is 6.85. The Labute approximate surface area is 78.6 Å². The van der Waals surface area contributed by atoms with Crippen molar-refractivity contribution in [2.24, 2.45) is 0 Å². The number of benzene rings is 1. The Morgan fingerprint density at radius 1 is 0.750 bits per heavy atom. The van der Waals surface area contributed by atoms with Crippen LogP contribution in [0, 0.1) is 20.8 Å². The van der Waals surface area contributed by atoms with Crippen molar-refractivity contribution in [3.05, 3.63) is 34.9 Å². The predicted molar refractivity (Wildman–Crippen MR) is 60.8 cm³/mol. The lowest BCUT2D eigenvalue weighted by Gasteiger charge is -1.98. The first-order valence-corrected chi connectivity index (χ1v) is 3.24. The van der Waals surface area contributed by atoms with Crippen molar-refractivity contribution in [3.63, 3.8) is 0 Å². The lowest BCUT2D eigenvalue weighted by molar-refractivity contribution is 1.30. The van der Waals surface area contributed by atoms with Crippen LogP contribution in [0.1, 0.15) is 39.0 Å². The Kier molecular flexibility index (Phi) is 9.97. The molecule has 0 heterocycles. The first-order chi connectivity index (χ1) is 4.20. The maximum atomic E-state index is 2.20. The third-order valence-corrected chi connectivity index (χ3v) is 1.66. The van der Waals surface area contributed by atoms with Crippen LogP contribution in [0.4, 0.5) is 0 Å². The molecule has 0 aliphatic heterocycles. The van der Waals surface area contributed by atoms with Crippen molar-refractivity contribution in [3.8, 4) is 0 Å². The van der Waals surface area contributed by atoms with Gasteiger partial charge in [-0.3, -0.25) is 0 Å². The van der Waals surface area contributed by atoms with Gasteiger partial charge in [0.15, 0.2) is 0 Å². The molecule has 0 aromatic heterocycles. The average Bonchev–Trinajstić information content (AvgIpc) is 1.80. The van der Waals surface area contributed by atoms with Gasteiger partial charge >= 0.3 is 0 Å². The van der Waals surface area contributed by atoms with E-state index in [0.29, 0.717) is 0 Å². The minimum atomic E-state index is 0. The molecule has 0 nitrogen and oxygen atoms in total. The second-order valence-corrected chi connectivity index (χ2v) is 2.59. The summed E-state index contributed by atoms with van der Waals surface area (Å²) in [5.41, 5.74) is 4.11. The molecule has 1 aromatic carbocycles. The van der Waals surface area contributed by atoms with Gasteiger partial charge in [-0.05, 0) is 31.9 Å². The number of aryl methyl sites for hydroxylation is 3. The molecule has 0 atom stereocenters. The molecule has 72 valence electrons. The Balaban J connectivity index is -0.000000270. The third kappa shape index (κ3) is 4.17. The molecular weight excluding hydrogens is 144 g/mol. The Hall–Kier alpha value is -0.780. The normalized spacial score (nSPS) is 7.25. The van der Waals surface area contributed by atoms with Gasteiger partial charge in [-0.15, -0.1) is 0 Å². The molecule has 0 fully saturated rings. The van der Waals surface area contributed by atoms with E-state index in [1.54, 1.807) is 0 Å². The Bertz CT molecular complexity index is 211. The van der Waals surface area contributed by atoms with Crippen molar-refractivity contribution in [1.29, 1.82) is 0 Å². The molecule has 0 spiro atoms. The highest BCUT2D eigenvalue weighted by Crippen LogP contribution is 2.07. The Morgan fingerprint density at radius 2 is 1.25 bits per heavy atom. The van der Waals surface area contributed by atoms with Crippen LogP contribution in [0.15, 0.2) is 18.2 Å². The van der Waals surface area contributed by atoms with Gasteiger partial charge in [0.1, 0.15) is 0 Å².